The molecule has 0 rings (SSSR count). The summed E-state index contributed by atoms with van der Waals surface area (Å²) in [5, 5.41) is 0. The molecule has 0 aliphatic heterocycles. The number of unbranched alkanes of at least 4 members (excludes halogenated alkanes) is 2. The molecule has 0 saturated carbocycles. The zero-order valence-corrected chi connectivity index (χ0v) is 12.2. The van der Waals surface area contributed by atoms with Crippen molar-refractivity contribution in [2.24, 2.45) is 0 Å². The van der Waals surface area contributed by atoms with E-state index in [0.29, 0.717) is 6.42 Å². The van der Waals surface area contributed by atoms with E-state index in [1.807, 2.05) is 20.8 Å². The van der Waals surface area contributed by atoms with Crippen LogP contribution in [-0.2, 0) is 9.53 Å². The number of rotatable bonds is 8. The van der Waals surface area contributed by atoms with E-state index < -0.39 is 0 Å². The van der Waals surface area contributed by atoms with E-state index >= 15 is 0 Å². The SMILES string of the molecule is CCCN(C)CCCCCC(=O)OC(C)(C)C. The number of carbonyl (C=O) groups excluding carboxylic acids is 1. The Hall–Kier alpha value is -0.570. The first-order chi connectivity index (χ1) is 7.85. The Balaban J connectivity index is 3.43. The zero-order valence-electron chi connectivity index (χ0n) is 12.2. The number of ether oxygens (including phenoxy) is 1. The van der Waals surface area contributed by atoms with Gasteiger partial charge >= 0.3 is 5.97 Å². The molecule has 0 aliphatic rings. The van der Waals surface area contributed by atoms with Gasteiger partial charge in [0.1, 0.15) is 5.60 Å². The van der Waals surface area contributed by atoms with Gasteiger partial charge in [-0.3, -0.25) is 4.79 Å². The Labute approximate surface area is 107 Å². The lowest BCUT2D eigenvalue weighted by Crippen LogP contribution is -2.23. The van der Waals surface area contributed by atoms with Crippen LogP contribution in [0, 0.1) is 0 Å². The third-order valence-electron chi connectivity index (χ3n) is 2.45. The molecule has 3 nitrogen and oxygen atoms in total. The Morgan fingerprint density at radius 1 is 1.12 bits per heavy atom. The predicted molar refractivity (Wildman–Crippen MR) is 72.1 cm³/mol. The molecule has 0 atom stereocenters. The van der Waals surface area contributed by atoms with Crippen LogP contribution in [0.1, 0.15) is 59.8 Å². The van der Waals surface area contributed by atoms with Crippen LogP contribution in [0.3, 0.4) is 0 Å². The van der Waals surface area contributed by atoms with Gasteiger partial charge in [0.2, 0.25) is 0 Å². The molecule has 0 radical (unpaired) electrons. The van der Waals surface area contributed by atoms with Crippen LogP contribution in [0.15, 0.2) is 0 Å². The lowest BCUT2D eigenvalue weighted by Gasteiger charge is -2.19. The highest BCUT2D eigenvalue weighted by atomic mass is 16.6. The Morgan fingerprint density at radius 2 is 1.76 bits per heavy atom. The summed E-state index contributed by atoms with van der Waals surface area (Å²) in [4.78, 5) is 13.8. The van der Waals surface area contributed by atoms with Crippen molar-refractivity contribution in [3.63, 3.8) is 0 Å². The van der Waals surface area contributed by atoms with Gasteiger partial charge in [0.25, 0.3) is 0 Å². The molecule has 0 heterocycles. The molecule has 3 heteroatoms. The smallest absolute Gasteiger partial charge is 0.306 e. The lowest BCUT2D eigenvalue weighted by molar-refractivity contribution is -0.154. The van der Waals surface area contributed by atoms with Gasteiger partial charge < -0.3 is 9.64 Å². The van der Waals surface area contributed by atoms with Crippen LogP contribution in [0.4, 0.5) is 0 Å². The van der Waals surface area contributed by atoms with Gasteiger partial charge in [-0.15, -0.1) is 0 Å². The Morgan fingerprint density at radius 3 is 2.29 bits per heavy atom. The van der Waals surface area contributed by atoms with Crippen molar-refractivity contribution in [3.05, 3.63) is 0 Å². The summed E-state index contributed by atoms with van der Waals surface area (Å²) in [5.74, 6) is -0.0700. The summed E-state index contributed by atoms with van der Waals surface area (Å²) >= 11 is 0. The molecular formula is C14H29NO2. The van der Waals surface area contributed by atoms with E-state index in [2.05, 4.69) is 18.9 Å². The van der Waals surface area contributed by atoms with Crippen molar-refractivity contribution < 1.29 is 9.53 Å². The number of hydrogen-bond donors (Lipinski definition) is 0. The van der Waals surface area contributed by atoms with E-state index in [1.165, 1.54) is 12.8 Å². The predicted octanol–water partition coefficient (Wildman–Crippen LogP) is 3.23. The average Bonchev–Trinajstić information content (AvgIpc) is 2.14. The monoisotopic (exact) mass is 243 g/mol. The van der Waals surface area contributed by atoms with Crippen molar-refractivity contribution in [2.45, 2.75) is 65.4 Å². The van der Waals surface area contributed by atoms with Gasteiger partial charge in [0, 0.05) is 6.42 Å². The molecule has 0 unspecified atom stereocenters. The molecule has 0 bridgehead atoms. The maximum atomic E-state index is 11.4. The summed E-state index contributed by atoms with van der Waals surface area (Å²) in [7, 11) is 2.15. The lowest BCUT2D eigenvalue weighted by atomic mass is 10.1. The van der Waals surface area contributed by atoms with E-state index in [9.17, 15) is 4.79 Å². The normalized spacial score (nSPS) is 11.9. The van der Waals surface area contributed by atoms with Crippen molar-refractivity contribution >= 4 is 5.97 Å². The van der Waals surface area contributed by atoms with Crippen LogP contribution in [-0.4, -0.2) is 36.6 Å². The quantitative estimate of drug-likeness (QED) is 0.484. The van der Waals surface area contributed by atoms with Gasteiger partial charge in [-0.05, 0) is 60.2 Å². The number of nitrogens with zero attached hydrogens (tertiary/aromatic N) is 1. The average molecular weight is 243 g/mol. The molecule has 0 fully saturated rings. The molecule has 0 N–H and O–H groups in total. The van der Waals surface area contributed by atoms with Crippen LogP contribution < -0.4 is 0 Å². The standard InChI is InChI=1S/C14H29NO2/c1-6-11-15(5)12-9-7-8-10-13(16)17-14(2,3)4/h6-12H2,1-5H3. The minimum absolute atomic E-state index is 0.0700. The van der Waals surface area contributed by atoms with E-state index in [4.69, 9.17) is 4.74 Å². The van der Waals surface area contributed by atoms with Gasteiger partial charge in [-0.1, -0.05) is 13.3 Å². The molecule has 0 amide bonds. The zero-order chi connectivity index (χ0) is 13.3. The third-order valence-corrected chi connectivity index (χ3v) is 2.45. The largest absolute Gasteiger partial charge is 0.460 e. The van der Waals surface area contributed by atoms with Crippen molar-refractivity contribution in [1.82, 2.24) is 4.90 Å². The highest BCUT2D eigenvalue weighted by molar-refractivity contribution is 5.69. The fourth-order valence-corrected chi connectivity index (χ4v) is 1.71. The summed E-state index contributed by atoms with van der Waals surface area (Å²) < 4.78 is 5.25. The number of hydrogen-bond acceptors (Lipinski definition) is 3. The first-order valence-corrected chi connectivity index (χ1v) is 6.75. The molecule has 0 aromatic rings. The maximum Gasteiger partial charge on any atom is 0.306 e. The molecule has 0 aromatic carbocycles. The fraction of sp³-hybridized carbons (Fsp3) is 0.929. The first kappa shape index (κ1) is 16.4. The van der Waals surface area contributed by atoms with Crippen LogP contribution in [0.25, 0.3) is 0 Å². The molecule has 102 valence electrons. The molecular weight excluding hydrogens is 214 g/mol. The summed E-state index contributed by atoms with van der Waals surface area (Å²) in [5.41, 5.74) is -0.349. The van der Waals surface area contributed by atoms with Crippen molar-refractivity contribution in [1.29, 1.82) is 0 Å². The second-order valence-corrected chi connectivity index (χ2v) is 5.70. The Kier molecular flexibility index (Phi) is 8.23. The van der Waals surface area contributed by atoms with Crippen molar-refractivity contribution in [2.75, 3.05) is 20.1 Å². The van der Waals surface area contributed by atoms with Crippen LogP contribution >= 0.6 is 0 Å². The second kappa shape index (κ2) is 8.51. The maximum absolute atomic E-state index is 11.4. The molecule has 17 heavy (non-hydrogen) atoms. The third kappa shape index (κ3) is 11.7. The van der Waals surface area contributed by atoms with Gasteiger partial charge in [0.15, 0.2) is 0 Å². The van der Waals surface area contributed by atoms with E-state index in [-0.39, 0.29) is 11.6 Å². The fourth-order valence-electron chi connectivity index (χ4n) is 1.71. The number of esters is 1. The minimum atomic E-state index is -0.349. The highest BCUT2D eigenvalue weighted by Crippen LogP contribution is 2.10. The molecule has 0 saturated heterocycles. The van der Waals surface area contributed by atoms with E-state index in [0.717, 1.165) is 25.9 Å². The van der Waals surface area contributed by atoms with Crippen LogP contribution in [0.5, 0.6) is 0 Å². The Bertz CT molecular complexity index is 209. The van der Waals surface area contributed by atoms with Gasteiger partial charge in [0.05, 0.1) is 0 Å². The summed E-state index contributed by atoms with van der Waals surface area (Å²) in [6.45, 7) is 10.2. The highest BCUT2D eigenvalue weighted by Gasteiger charge is 2.15. The molecule has 0 spiro atoms. The molecule has 0 aliphatic carbocycles. The van der Waals surface area contributed by atoms with Gasteiger partial charge in [-0.2, -0.15) is 0 Å². The first-order valence-electron chi connectivity index (χ1n) is 6.75. The topological polar surface area (TPSA) is 29.5 Å². The van der Waals surface area contributed by atoms with Gasteiger partial charge in [-0.25, -0.2) is 0 Å². The summed E-state index contributed by atoms with van der Waals surface area (Å²) in [6.07, 6.45) is 4.96. The number of carbonyl (C=O) groups is 1. The van der Waals surface area contributed by atoms with Crippen molar-refractivity contribution in [3.8, 4) is 0 Å². The summed E-state index contributed by atoms with van der Waals surface area (Å²) in [6, 6.07) is 0. The molecule has 0 aromatic heterocycles. The minimum Gasteiger partial charge on any atom is -0.460 e. The second-order valence-electron chi connectivity index (χ2n) is 5.70. The van der Waals surface area contributed by atoms with E-state index in [1.54, 1.807) is 0 Å². The van der Waals surface area contributed by atoms with Crippen LogP contribution in [0.2, 0.25) is 0 Å².